The van der Waals surface area contributed by atoms with Crippen LogP contribution in [-0.4, -0.2) is 11.7 Å². The van der Waals surface area contributed by atoms with E-state index in [1.165, 1.54) is 4.88 Å². The summed E-state index contributed by atoms with van der Waals surface area (Å²) in [6, 6.07) is 11.6. The van der Waals surface area contributed by atoms with Crippen LogP contribution in [-0.2, 0) is 0 Å². The van der Waals surface area contributed by atoms with E-state index in [2.05, 4.69) is 15.9 Å². The van der Waals surface area contributed by atoms with Gasteiger partial charge in [0.05, 0.1) is 4.47 Å². The molecule has 17 heavy (non-hydrogen) atoms. The van der Waals surface area contributed by atoms with Gasteiger partial charge in [-0.3, -0.25) is 0 Å². The molecule has 0 bridgehead atoms. The Labute approximate surface area is 113 Å². The highest BCUT2D eigenvalue weighted by molar-refractivity contribution is 9.10. The average molecular weight is 313 g/mol. The van der Waals surface area contributed by atoms with Gasteiger partial charge in [-0.05, 0) is 47.1 Å². The normalized spacial score (nSPS) is 12.4. The van der Waals surface area contributed by atoms with Crippen molar-refractivity contribution in [2.75, 3.05) is 6.61 Å². The first-order valence-electron chi connectivity index (χ1n) is 5.28. The van der Waals surface area contributed by atoms with E-state index in [-0.39, 0.29) is 6.61 Å². The smallest absolute Gasteiger partial charge is 0.133 e. The number of thiophene rings is 1. The molecule has 1 atom stereocenters. The Morgan fingerprint density at radius 2 is 2.06 bits per heavy atom. The molecule has 0 aliphatic rings. The molecule has 0 radical (unpaired) electrons. The van der Waals surface area contributed by atoms with Gasteiger partial charge in [-0.1, -0.05) is 12.1 Å². The first-order valence-corrected chi connectivity index (χ1v) is 6.89. The number of hydrogen-bond donors (Lipinski definition) is 1. The summed E-state index contributed by atoms with van der Waals surface area (Å²) in [6.45, 7) is 2.29. The van der Waals surface area contributed by atoms with Gasteiger partial charge in [0.15, 0.2) is 0 Å². The van der Waals surface area contributed by atoms with Crippen LogP contribution in [0.1, 0.15) is 15.9 Å². The fraction of sp³-hybridized carbons (Fsp3) is 0.231. The van der Waals surface area contributed by atoms with Gasteiger partial charge in [-0.2, -0.15) is 0 Å². The number of aliphatic hydroxyl groups is 1. The molecule has 1 aromatic heterocycles. The molecule has 2 rings (SSSR count). The van der Waals surface area contributed by atoms with E-state index in [0.717, 1.165) is 15.1 Å². The molecule has 2 nitrogen and oxygen atoms in total. The summed E-state index contributed by atoms with van der Waals surface area (Å²) < 4.78 is 6.47. The summed E-state index contributed by atoms with van der Waals surface area (Å²) in [5.74, 6) is 0.750. The van der Waals surface area contributed by atoms with E-state index in [1.807, 2.05) is 43.3 Å². The molecular formula is C13H13BrO2S. The molecule has 1 heterocycles. The Balaban J connectivity index is 1.97. The maximum absolute atomic E-state index is 9.96. The summed E-state index contributed by atoms with van der Waals surface area (Å²) in [4.78, 5) is 2.13. The summed E-state index contributed by atoms with van der Waals surface area (Å²) in [6.07, 6.45) is -0.569. The van der Waals surface area contributed by atoms with Gasteiger partial charge in [-0.25, -0.2) is 0 Å². The van der Waals surface area contributed by atoms with Crippen molar-refractivity contribution in [2.45, 2.75) is 13.0 Å². The zero-order valence-electron chi connectivity index (χ0n) is 9.39. The van der Waals surface area contributed by atoms with Crippen LogP contribution in [0.15, 0.2) is 40.9 Å². The number of hydrogen-bond acceptors (Lipinski definition) is 3. The van der Waals surface area contributed by atoms with Gasteiger partial charge >= 0.3 is 0 Å². The maximum Gasteiger partial charge on any atom is 0.133 e. The van der Waals surface area contributed by atoms with Gasteiger partial charge in [-0.15, -0.1) is 11.3 Å². The van der Waals surface area contributed by atoms with Gasteiger partial charge < -0.3 is 9.84 Å². The SMILES string of the molecule is Cc1ccc(C(O)COc2ccccc2Br)s1. The zero-order chi connectivity index (χ0) is 12.3. The van der Waals surface area contributed by atoms with E-state index < -0.39 is 6.10 Å². The third-order valence-corrected chi connectivity index (χ3v) is 4.08. The molecule has 0 saturated heterocycles. The molecule has 1 aromatic carbocycles. The van der Waals surface area contributed by atoms with Crippen molar-refractivity contribution in [3.63, 3.8) is 0 Å². The molecule has 1 unspecified atom stereocenters. The lowest BCUT2D eigenvalue weighted by molar-refractivity contribution is 0.110. The number of aliphatic hydroxyl groups excluding tert-OH is 1. The van der Waals surface area contributed by atoms with E-state index in [9.17, 15) is 5.11 Å². The lowest BCUT2D eigenvalue weighted by atomic mass is 10.3. The number of halogens is 1. The predicted octanol–water partition coefficient (Wildman–Crippen LogP) is 3.93. The lowest BCUT2D eigenvalue weighted by Crippen LogP contribution is -2.08. The van der Waals surface area contributed by atoms with Gasteiger partial charge in [0.1, 0.15) is 18.5 Å². The minimum absolute atomic E-state index is 0.266. The molecule has 90 valence electrons. The Bertz CT molecular complexity index is 496. The van der Waals surface area contributed by atoms with E-state index in [4.69, 9.17) is 4.74 Å². The molecule has 4 heteroatoms. The highest BCUT2D eigenvalue weighted by atomic mass is 79.9. The Kier molecular flexibility index (Phi) is 4.20. The summed E-state index contributed by atoms with van der Waals surface area (Å²) >= 11 is 5.00. The van der Waals surface area contributed by atoms with Crippen LogP contribution >= 0.6 is 27.3 Å². The highest BCUT2D eigenvalue weighted by Crippen LogP contribution is 2.27. The van der Waals surface area contributed by atoms with Crippen LogP contribution in [0.25, 0.3) is 0 Å². The molecule has 0 aliphatic heterocycles. The second-order valence-electron chi connectivity index (χ2n) is 3.71. The van der Waals surface area contributed by atoms with Crippen molar-refractivity contribution in [3.05, 3.63) is 50.6 Å². The van der Waals surface area contributed by atoms with Crippen LogP contribution in [0.5, 0.6) is 5.75 Å². The first kappa shape index (κ1) is 12.6. The van der Waals surface area contributed by atoms with Crippen molar-refractivity contribution in [1.82, 2.24) is 0 Å². The number of aryl methyl sites for hydroxylation is 1. The second-order valence-corrected chi connectivity index (χ2v) is 5.88. The van der Waals surface area contributed by atoms with Crippen LogP contribution in [0.2, 0.25) is 0 Å². The molecule has 2 aromatic rings. The van der Waals surface area contributed by atoms with Crippen LogP contribution in [0.4, 0.5) is 0 Å². The fourth-order valence-electron chi connectivity index (χ4n) is 1.45. The minimum atomic E-state index is -0.569. The largest absolute Gasteiger partial charge is 0.489 e. The number of benzene rings is 1. The number of rotatable bonds is 4. The molecule has 0 saturated carbocycles. The van der Waals surface area contributed by atoms with Crippen molar-refractivity contribution < 1.29 is 9.84 Å². The van der Waals surface area contributed by atoms with Crippen molar-refractivity contribution in [2.24, 2.45) is 0 Å². The summed E-state index contributed by atoms with van der Waals surface area (Å²) in [5, 5.41) is 9.96. The van der Waals surface area contributed by atoms with Gasteiger partial charge in [0, 0.05) is 9.75 Å². The second kappa shape index (κ2) is 5.67. The number of ether oxygens (including phenoxy) is 1. The lowest BCUT2D eigenvalue weighted by Gasteiger charge is -2.11. The molecule has 0 amide bonds. The molecule has 1 N–H and O–H groups in total. The quantitative estimate of drug-likeness (QED) is 0.927. The fourth-order valence-corrected chi connectivity index (χ4v) is 2.69. The van der Waals surface area contributed by atoms with Crippen LogP contribution in [0.3, 0.4) is 0 Å². The van der Waals surface area contributed by atoms with Crippen molar-refractivity contribution in [1.29, 1.82) is 0 Å². The van der Waals surface area contributed by atoms with Crippen LogP contribution in [0, 0.1) is 6.92 Å². The van der Waals surface area contributed by atoms with E-state index in [1.54, 1.807) is 11.3 Å². The summed E-state index contributed by atoms with van der Waals surface area (Å²) in [7, 11) is 0. The van der Waals surface area contributed by atoms with Gasteiger partial charge in [0.25, 0.3) is 0 Å². The van der Waals surface area contributed by atoms with Gasteiger partial charge in [0.2, 0.25) is 0 Å². The monoisotopic (exact) mass is 312 g/mol. The van der Waals surface area contributed by atoms with E-state index in [0.29, 0.717) is 0 Å². The van der Waals surface area contributed by atoms with Crippen LogP contribution < -0.4 is 4.74 Å². The number of para-hydroxylation sites is 1. The van der Waals surface area contributed by atoms with E-state index >= 15 is 0 Å². The molecule has 0 spiro atoms. The molecule has 0 aliphatic carbocycles. The molecular weight excluding hydrogens is 300 g/mol. The highest BCUT2D eigenvalue weighted by Gasteiger charge is 2.11. The third kappa shape index (κ3) is 3.31. The van der Waals surface area contributed by atoms with Crippen molar-refractivity contribution in [3.8, 4) is 5.75 Å². The Morgan fingerprint density at radius 3 is 2.71 bits per heavy atom. The average Bonchev–Trinajstić information content (AvgIpc) is 2.74. The third-order valence-electron chi connectivity index (χ3n) is 2.32. The zero-order valence-corrected chi connectivity index (χ0v) is 11.8. The standard InChI is InChI=1S/C13H13BrO2S/c1-9-6-7-13(17-9)11(15)8-16-12-5-3-2-4-10(12)14/h2-7,11,15H,8H2,1H3. The Morgan fingerprint density at radius 1 is 1.29 bits per heavy atom. The van der Waals surface area contributed by atoms with Crippen molar-refractivity contribution >= 4 is 27.3 Å². The predicted molar refractivity (Wildman–Crippen MR) is 73.7 cm³/mol. The molecule has 0 fully saturated rings. The Hall–Kier alpha value is -0.840. The maximum atomic E-state index is 9.96. The summed E-state index contributed by atoms with van der Waals surface area (Å²) in [5.41, 5.74) is 0. The minimum Gasteiger partial charge on any atom is -0.489 e. The first-order chi connectivity index (χ1) is 8.16. The topological polar surface area (TPSA) is 29.5 Å².